The summed E-state index contributed by atoms with van der Waals surface area (Å²) in [4.78, 5) is 12.1. The number of nitrogens with one attached hydrogen (secondary N) is 2. The Bertz CT molecular complexity index is 882. The summed E-state index contributed by atoms with van der Waals surface area (Å²) in [5, 5.41) is 12.7. The first-order valence-electron chi connectivity index (χ1n) is 6.49. The summed E-state index contributed by atoms with van der Waals surface area (Å²) in [5.74, 6) is 0. The van der Waals surface area contributed by atoms with Crippen molar-refractivity contribution < 1.29 is 0 Å². The van der Waals surface area contributed by atoms with Crippen LogP contribution in [0.4, 0.5) is 0 Å². The molecule has 0 bridgehead atoms. The van der Waals surface area contributed by atoms with Gasteiger partial charge in [0.05, 0.1) is 12.2 Å². The van der Waals surface area contributed by atoms with E-state index in [0.29, 0.717) is 12.0 Å². The fourth-order valence-corrected chi connectivity index (χ4v) is 2.83. The van der Waals surface area contributed by atoms with Crippen LogP contribution in [0.2, 0.25) is 0 Å². The van der Waals surface area contributed by atoms with Gasteiger partial charge in [0.15, 0.2) is 0 Å². The Kier molecular flexibility index (Phi) is 5.10. The van der Waals surface area contributed by atoms with E-state index in [9.17, 15) is 4.79 Å². The van der Waals surface area contributed by atoms with Gasteiger partial charge in [0, 0.05) is 16.5 Å². The number of H-pyrrole nitrogens is 1. The molecule has 0 radical (unpaired) electrons. The van der Waals surface area contributed by atoms with Gasteiger partial charge in [0.2, 0.25) is 0 Å². The van der Waals surface area contributed by atoms with Gasteiger partial charge in [-0.3, -0.25) is 14.6 Å². The van der Waals surface area contributed by atoms with E-state index in [1.165, 1.54) is 11.5 Å². The molecule has 0 aliphatic heterocycles. The van der Waals surface area contributed by atoms with Crippen LogP contribution >= 0.6 is 28.5 Å². The maximum Gasteiger partial charge on any atom is 0.258 e. The Balaban J connectivity index is 0.00000176. The van der Waals surface area contributed by atoms with E-state index in [0.717, 1.165) is 21.7 Å². The quantitative estimate of drug-likeness (QED) is 0.734. The SMILES string of the molecule is Br.Cc1cc(-c2ccccc2)c(=N)n(Cc2cc(=O)[nH]s2)n1. The van der Waals surface area contributed by atoms with Crippen molar-refractivity contribution in [2.24, 2.45) is 0 Å². The third-order valence-corrected chi connectivity index (χ3v) is 3.92. The molecule has 0 aliphatic carbocycles. The molecule has 0 atom stereocenters. The fourth-order valence-electron chi connectivity index (χ4n) is 2.18. The van der Waals surface area contributed by atoms with Crippen molar-refractivity contribution in [1.29, 1.82) is 5.41 Å². The highest BCUT2D eigenvalue weighted by atomic mass is 79.9. The third-order valence-electron chi connectivity index (χ3n) is 3.11. The second kappa shape index (κ2) is 6.85. The molecule has 0 spiro atoms. The average molecular weight is 379 g/mol. The molecule has 0 fully saturated rings. The number of hydrogen-bond acceptors (Lipinski definition) is 4. The Labute approximate surface area is 141 Å². The summed E-state index contributed by atoms with van der Waals surface area (Å²) in [6, 6.07) is 13.3. The van der Waals surface area contributed by atoms with E-state index >= 15 is 0 Å². The summed E-state index contributed by atoms with van der Waals surface area (Å²) in [7, 11) is 0. The van der Waals surface area contributed by atoms with Crippen LogP contribution in [0.3, 0.4) is 0 Å². The average Bonchev–Trinajstić information content (AvgIpc) is 2.89. The lowest BCUT2D eigenvalue weighted by Crippen LogP contribution is -2.25. The highest BCUT2D eigenvalue weighted by molar-refractivity contribution is 8.93. The number of aromatic nitrogens is 3. The zero-order valence-electron chi connectivity index (χ0n) is 11.9. The van der Waals surface area contributed by atoms with Crippen LogP contribution in [0.5, 0.6) is 0 Å². The Hall–Kier alpha value is -1.99. The lowest BCUT2D eigenvalue weighted by molar-refractivity contribution is 0.617. The lowest BCUT2D eigenvalue weighted by atomic mass is 10.1. The van der Waals surface area contributed by atoms with E-state index in [-0.39, 0.29) is 22.5 Å². The normalized spacial score (nSPS) is 10.2. The maximum atomic E-state index is 11.2. The van der Waals surface area contributed by atoms with Gasteiger partial charge < -0.3 is 0 Å². The van der Waals surface area contributed by atoms with Crippen LogP contribution in [-0.4, -0.2) is 14.2 Å². The van der Waals surface area contributed by atoms with Gasteiger partial charge in [-0.15, -0.1) is 17.0 Å². The predicted octanol–water partition coefficient (Wildman–Crippen LogP) is 2.71. The zero-order valence-corrected chi connectivity index (χ0v) is 14.4. The molecule has 7 heteroatoms. The second-order valence-electron chi connectivity index (χ2n) is 4.75. The van der Waals surface area contributed by atoms with Crippen LogP contribution in [0.15, 0.2) is 47.3 Å². The molecule has 5 nitrogen and oxygen atoms in total. The van der Waals surface area contributed by atoms with Crippen LogP contribution < -0.4 is 11.0 Å². The van der Waals surface area contributed by atoms with Gasteiger partial charge in [-0.25, -0.2) is 4.68 Å². The molecule has 22 heavy (non-hydrogen) atoms. The minimum atomic E-state index is -0.113. The van der Waals surface area contributed by atoms with Crippen LogP contribution in [0.25, 0.3) is 11.1 Å². The van der Waals surface area contributed by atoms with Crippen molar-refractivity contribution >= 4 is 28.5 Å². The maximum absolute atomic E-state index is 11.2. The Morgan fingerprint density at radius 2 is 2.00 bits per heavy atom. The van der Waals surface area contributed by atoms with Gasteiger partial charge in [-0.2, -0.15) is 5.10 Å². The molecule has 3 aromatic rings. The molecule has 3 rings (SSSR count). The fraction of sp³-hybridized carbons (Fsp3) is 0.133. The van der Waals surface area contributed by atoms with Crippen LogP contribution in [0.1, 0.15) is 10.6 Å². The molecule has 2 aromatic heterocycles. The first-order chi connectivity index (χ1) is 10.1. The number of benzene rings is 1. The second-order valence-corrected chi connectivity index (χ2v) is 5.68. The highest BCUT2D eigenvalue weighted by Gasteiger charge is 2.07. The van der Waals surface area contributed by atoms with Crippen molar-refractivity contribution in [3.63, 3.8) is 0 Å². The Morgan fingerprint density at radius 3 is 2.64 bits per heavy atom. The number of halogens is 1. The summed E-state index contributed by atoms with van der Waals surface area (Å²) in [5.41, 5.74) is 2.90. The molecular weight excluding hydrogens is 364 g/mol. The third kappa shape index (κ3) is 3.42. The standard InChI is InChI=1S/C15H14N4OS.BrH/c1-10-7-13(11-5-3-2-4-6-11)15(16)19(17-10)9-12-8-14(20)18-21-12;/h2-8,16H,9H2,1H3,(H,18,20);1H. The topological polar surface area (TPSA) is 74.5 Å². The smallest absolute Gasteiger partial charge is 0.258 e. The number of aryl methyl sites for hydroxylation is 1. The van der Waals surface area contributed by atoms with Crippen molar-refractivity contribution in [2.45, 2.75) is 13.5 Å². The Morgan fingerprint density at radius 1 is 1.27 bits per heavy atom. The van der Waals surface area contributed by atoms with Crippen LogP contribution in [-0.2, 0) is 6.54 Å². The molecule has 0 saturated carbocycles. The number of rotatable bonds is 3. The van der Waals surface area contributed by atoms with Gasteiger partial charge in [0.1, 0.15) is 5.49 Å². The first kappa shape index (κ1) is 16.4. The highest BCUT2D eigenvalue weighted by Crippen LogP contribution is 2.15. The summed E-state index contributed by atoms with van der Waals surface area (Å²) in [6.07, 6.45) is 0. The molecule has 0 unspecified atom stereocenters. The van der Waals surface area contributed by atoms with Gasteiger partial charge >= 0.3 is 0 Å². The van der Waals surface area contributed by atoms with Gasteiger partial charge in [-0.1, -0.05) is 41.9 Å². The summed E-state index contributed by atoms with van der Waals surface area (Å²) in [6.45, 7) is 2.33. The van der Waals surface area contributed by atoms with E-state index in [2.05, 4.69) is 9.47 Å². The summed E-state index contributed by atoms with van der Waals surface area (Å²) >= 11 is 1.28. The molecule has 0 saturated heterocycles. The monoisotopic (exact) mass is 378 g/mol. The molecule has 114 valence electrons. The predicted molar refractivity (Wildman–Crippen MR) is 92.6 cm³/mol. The minimum absolute atomic E-state index is 0. The molecule has 1 aromatic carbocycles. The molecule has 2 N–H and O–H groups in total. The number of hydrogen-bond donors (Lipinski definition) is 2. The van der Waals surface area contributed by atoms with Gasteiger partial charge in [-0.05, 0) is 18.6 Å². The van der Waals surface area contributed by atoms with Crippen molar-refractivity contribution in [2.75, 3.05) is 0 Å². The van der Waals surface area contributed by atoms with E-state index in [1.807, 2.05) is 43.3 Å². The molecule has 0 aliphatic rings. The van der Waals surface area contributed by atoms with E-state index in [1.54, 1.807) is 10.7 Å². The molecule has 2 heterocycles. The van der Waals surface area contributed by atoms with Crippen LogP contribution in [0, 0.1) is 12.3 Å². The number of nitrogens with zero attached hydrogens (tertiary/aromatic N) is 2. The van der Waals surface area contributed by atoms with Crippen molar-refractivity contribution in [3.05, 3.63) is 68.9 Å². The van der Waals surface area contributed by atoms with E-state index in [4.69, 9.17) is 5.41 Å². The van der Waals surface area contributed by atoms with E-state index < -0.39 is 0 Å². The van der Waals surface area contributed by atoms with Crippen molar-refractivity contribution in [3.8, 4) is 11.1 Å². The first-order valence-corrected chi connectivity index (χ1v) is 7.31. The minimum Gasteiger partial charge on any atom is -0.283 e. The van der Waals surface area contributed by atoms with Gasteiger partial charge in [0.25, 0.3) is 5.56 Å². The summed E-state index contributed by atoms with van der Waals surface area (Å²) < 4.78 is 4.27. The molecule has 0 amide bonds. The number of aromatic amines is 1. The molecular formula is C15H15BrN4OS. The lowest BCUT2D eigenvalue weighted by Gasteiger charge is -2.10. The largest absolute Gasteiger partial charge is 0.283 e. The zero-order chi connectivity index (χ0) is 14.8. The van der Waals surface area contributed by atoms with Crippen molar-refractivity contribution in [1.82, 2.24) is 14.2 Å².